The van der Waals surface area contributed by atoms with E-state index in [-0.39, 0.29) is 30.1 Å². The van der Waals surface area contributed by atoms with Gasteiger partial charge in [-0.15, -0.1) is 11.3 Å². The Labute approximate surface area is 151 Å². The summed E-state index contributed by atoms with van der Waals surface area (Å²) in [5.74, 6) is -0.415. The van der Waals surface area contributed by atoms with Crippen LogP contribution in [0.1, 0.15) is 28.1 Å². The maximum Gasteiger partial charge on any atom is 0.264 e. The van der Waals surface area contributed by atoms with E-state index in [0.29, 0.717) is 15.4 Å². The second kappa shape index (κ2) is 7.03. The van der Waals surface area contributed by atoms with Crippen LogP contribution < -0.4 is 5.32 Å². The van der Waals surface area contributed by atoms with Crippen molar-refractivity contribution in [2.24, 2.45) is 5.92 Å². The van der Waals surface area contributed by atoms with Crippen LogP contribution in [0.3, 0.4) is 0 Å². The second-order valence-electron chi connectivity index (χ2n) is 5.82. The highest BCUT2D eigenvalue weighted by molar-refractivity contribution is 9.10. The Kier molecular flexibility index (Phi) is 5.01. The third-order valence-electron chi connectivity index (χ3n) is 3.77. The lowest BCUT2D eigenvalue weighted by Crippen LogP contribution is -2.25. The van der Waals surface area contributed by atoms with Gasteiger partial charge in [0.1, 0.15) is 5.82 Å². The Morgan fingerprint density at radius 1 is 1.33 bits per heavy atom. The average Bonchev–Trinajstić information content (AvgIpc) is 3.30. The monoisotopic (exact) mass is 410 g/mol. The summed E-state index contributed by atoms with van der Waals surface area (Å²) >= 11 is 4.54. The van der Waals surface area contributed by atoms with Gasteiger partial charge in [0, 0.05) is 29.5 Å². The number of carbonyl (C=O) groups excluding carboxylic acids is 2. The summed E-state index contributed by atoms with van der Waals surface area (Å²) in [6.45, 7) is 0.172. The van der Waals surface area contributed by atoms with Crippen molar-refractivity contribution in [2.45, 2.75) is 19.4 Å². The molecule has 24 heavy (non-hydrogen) atoms. The number of amides is 2. The largest absolute Gasteiger partial charge is 0.337 e. The van der Waals surface area contributed by atoms with Crippen LogP contribution in [0.5, 0.6) is 0 Å². The van der Waals surface area contributed by atoms with Crippen LogP contribution in [-0.2, 0) is 11.3 Å². The fraction of sp³-hybridized carbons (Fsp3) is 0.294. The van der Waals surface area contributed by atoms with Crippen LogP contribution in [0.25, 0.3) is 0 Å². The smallest absolute Gasteiger partial charge is 0.264 e. The molecule has 1 fully saturated rings. The van der Waals surface area contributed by atoms with Gasteiger partial charge in [-0.2, -0.15) is 0 Å². The summed E-state index contributed by atoms with van der Waals surface area (Å²) in [6, 6.07) is 8.06. The van der Waals surface area contributed by atoms with E-state index in [1.54, 1.807) is 31.3 Å². The van der Waals surface area contributed by atoms with Crippen LogP contribution in [0.15, 0.2) is 34.8 Å². The van der Waals surface area contributed by atoms with E-state index < -0.39 is 0 Å². The van der Waals surface area contributed by atoms with Crippen molar-refractivity contribution in [1.29, 1.82) is 0 Å². The number of rotatable bonds is 5. The topological polar surface area (TPSA) is 49.4 Å². The number of anilines is 1. The van der Waals surface area contributed by atoms with Gasteiger partial charge in [0.2, 0.25) is 5.91 Å². The SMILES string of the molecule is CN(Cc1cc(Br)ccc1F)C(=O)c1ccc(NC(=O)C2CC2)s1. The Bertz CT molecular complexity index is 789. The van der Waals surface area contributed by atoms with E-state index in [1.165, 1.54) is 22.3 Å². The average molecular weight is 411 g/mol. The summed E-state index contributed by atoms with van der Waals surface area (Å²) in [7, 11) is 1.63. The van der Waals surface area contributed by atoms with Gasteiger partial charge in [-0.25, -0.2) is 4.39 Å². The van der Waals surface area contributed by atoms with Crippen molar-refractivity contribution >= 4 is 44.1 Å². The molecule has 1 aliphatic carbocycles. The minimum atomic E-state index is -0.346. The van der Waals surface area contributed by atoms with Crippen LogP contribution in [0, 0.1) is 11.7 Å². The van der Waals surface area contributed by atoms with Gasteiger partial charge in [-0.05, 0) is 43.2 Å². The number of nitrogens with one attached hydrogen (secondary N) is 1. The van der Waals surface area contributed by atoms with Gasteiger partial charge in [0.05, 0.1) is 9.88 Å². The van der Waals surface area contributed by atoms with E-state index in [2.05, 4.69) is 21.2 Å². The number of nitrogens with zero attached hydrogens (tertiary/aromatic N) is 1. The molecule has 0 saturated heterocycles. The fourth-order valence-corrected chi connectivity index (χ4v) is 3.58. The van der Waals surface area contributed by atoms with Crippen LogP contribution in [-0.4, -0.2) is 23.8 Å². The molecule has 0 unspecified atom stereocenters. The van der Waals surface area contributed by atoms with E-state index >= 15 is 0 Å². The molecule has 1 aromatic heterocycles. The quantitative estimate of drug-likeness (QED) is 0.799. The molecule has 7 heteroatoms. The van der Waals surface area contributed by atoms with Crippen molar-refractivity contribution in [1.82, 2.24) is 4.90 Å². The zero-order valence-electron chi connectivity index (χ0n) is 13.0. The zero-order chi connectivity index (χ0) is 17.3. The summed E-state index contributed by atoms with van der Waals surface area (Å²) in [5.41, 5.74) is 0.444. The van der Waals surface area contributed by atoms with Gasteiger partial charge < -0.3 is 10.2 Å². The van der Waals surface area contributed by atoms with Gasteiger partial charge in [-0.1, -0.05) is 15.9 Å². The van der Waals surface area contributed by atoms with Crippen molar-refractivity contribution in [3.63, 3.8) is 0 Å². The first-order valence-corrected chi connectivity index (χ1v) is 9.15. The number of thiophene rings is 1. The Morgan fingerprint density at radius 2 is 2.08 bits per heavy atom. The van der Waals surface area contributed by atoms with Crippen molar-refractivity contribution in [3.05, 3.63) is 51.1 Å². The molecule has 4 nitrogen and oxygen atoms in total. The minimum Gasteiger partial charge on any atom is -0.337 e. The van der Waals surface area contributed by atoms with Gasteiger partial charge in [-0.3, -0.25) is 9.59 Å². The lowest BCUT2D eigenvalue weighted by molar-refractivity contribution is -0.117. The van der Waals surface area contributed by atoms with E-state index in [0.717, 1.165) is 17.3 Å². The molecule has 0 radical (unpaired) electrons. The second-order valence-corrected chi connectivity index (χ2v) is 7.82. The van der Waals surface area contributed by atoms with Crippen LogP contribution >= 0.6 is 27.3 Å². The Balaban J connectivity index is 1.65. The summed E-state index contributed by atoms with van der Waals surface area (Å²) in [4.78, 5) is 26.2. The van der Waals surface area contributed by atoms with E-state index in [4.69, 9.17) is 0 Å². The lowest BCUT2D eigenvalue weighted by atomic mass is 10.2. The van der Waals surface area contributed by atoms with Crippen LogP contribution in [0.2, 0.25) is 0 Å². The highest BCUT2D eigenvalue weighted by atomic mass is 79.9. The van der Waals surface area contributed by atoms with Crippen LogP contribution in [0.4, 0.5) is 9.39 Å². The Morgan fingerprint density at radius 3 is 2.79 bits per heavy atom. The number of hydrogen-bond donors (Lipinski definition) is 1. The van der Waals surface area contributed by atoms with E-state index in [1.807, 2.05) is 0 Å². The molecule has 0 spiro atoms. The predicted octanol–water partition coefficient (Wildman–Crippen LogP) is 4.27. The molecule has 0 aliphatic heterocycles. The Hall–Kier alpha value is -1.73. The zero-order valence-corrected chi connectivity index (χ0v) is 15.4. The molecule has 3 rings (SSSR count). The molecule has 2 aromatic rings. The molecule has 1 heterocycles. The van der Waals surface area contributed by atoms with Gasteiger partial charge >= 0.3 is 0 Å². The molecule has 1 aliphatic rings. The standard InChI is InChI=1S/C17H16BrFN2O2S/c1-21(9-11-8-12(18)4-5-13(11)19)17(23)14-6-7-15(24-14)20-16(22)10-2-3-10/h4-8,10H,2-3,9H2,1H3,(H,20,22). The molecule has 2 amide bonds. The number of benzene rings is 1. The van der Waals surface area contributed by atoms with Crippen molar-refractivity contribution < 1.29 is 14.0 Å². The fourth-order valence-electron chi connectivity index (χ4n) is 2.27. The molecule has 1 saturated carbocycles. The molecular weight excluding hydrogens is 395 g/mol. The first-order valence-electron chi connectivity index (χ1n) is 7.54. The highest BCUT2D eigenvalue weighted by Crippen LogP contribution is 2.32. The molecular formula is C17H16BrFN2O2S. The lowest BCUT2D eigenvalue weighted by Gasteiger charge is -2.17. The van der Waals surface area contributed by atoms with Crippen molar-refractivity contribution in [2.75, 3.05) is 12.4 Å². The van der Waals surface area contributed by atoms with Gasteiger partial charge in [0.25, 0.3) is 5.91 Å². The molecule has 1 N–H and O–H groups in total. The minimum absolute atomic E-state index is 0.0143. The molecule has 126 valence electrons. The molecule has 1 aromatic carbocycles. The first-order chi connectivity index (χ1) is 11.4. The maximum atomic E-state index is 13.8. The summed E-state index contributed by atoms with van der Waals surface area (Å²) < 4.78 is 14.6. The third-order valence-corrected chi connectivity index (χ3v) is 5.26. The third kappa shape index (κ3) is 4.02. The summed E-state index contributed by atoms with van der Waals surface area (Å²) in [5, 5.41) is 3.49. The number of carbonyl (C=O) groups is 2. The predicted molar refractivity (Wildman–Crippen MR) is 95.6 cm³/mol. The molecule has 0 atom stereocenters. The normalized spacial score (nSPS) is 13.6. The maximum absolute atomic E-state index is 13.8. The number of halogens is 2. The van der Waals surface area contributed by atoms with E-state index in [9.17, 15) is 14.0 Å². The number of hydrogen-bond acceptors (Lipinski definition) is 3. The first kappa shape index (κ1) is 17.1. The highest BCUT2D eigenvalue weighted by Gasteiger charge is 2.30. The van der Waals surface area contributed by atoms with Crippen molar-refractivity contribution in [3.8, 4) is 0 Å². The summed E-state index contributed by atoms with van der Waals surface area (Å²) in [6.07, 6.45) is 1.87. The van der Waals surface area contributed by atoms with Gasteiger partial charge in [0.15, 0.2) is 0 Å². The molecule has 0 bridgehead atoms.